The lowest BCUT2D eigenvalue weighted by molar-refractivity contribution is 0.0624. The number of hydrogen-bond acceptors (Lipinski definition) is 27. The third-order valence-electron chi connectivity index (χ3n) is 24.7. The molecule has 37 heteroatoms. The van der Waals surface area contributed by atoms with Crippen molar-refractivity contribution in [3.8, 4) is 45.3 Å². The van der Waals surface area contributed by atoms with Crippen LogP contribution in [0.1, 0.15) is 54.9 Å². The molecule has 0 amide bonds. The second kappa shape index (κ2) is 39.3. The Morgan fingerprint density at radius 1 is 0.359 bits per heavy atom. The van der Waals surface area contributed by atoms with Gasteiger partial charge in [0.05, 0.1) is 153 Å². The van der Waals surface area contributed by atoms with E-state index < -0.39 is 0 Å². The van der Waals surface area contributed by atoms with Crippen LogP contribution in [0.3, 0.4) is 0 Å². The van der Waals surface area contributed by atoms with Crippen molar-refractivity contribution in [2.75, 3.05) is 178 Å². The number of anilines is 4. The Hall–Kier alpha value is -12.5. The van der Waals surface area contributed by atoms with E-state index in [9.17, 15) is 24.3 Å². The summed E-state index contributed by atoms with van der Waals surface area (Å²) >= 11 is 12.9. The molecule has 4 saturated heterocycles. The Morgan fingerprint density at radius 2 is 0.718 bits per heavy atom. The molecule has 131 heavy (non-hydrogen) atoms. The standard InChI is InChI=1S/C25H29ClN6O3.C24H27ClN6O2.C23H27N7O2.C22H25N7O2/c1-17-13-31-15-19(11-21(26)25(31)27-17)22-12-24(34)32-16-20(3-4-23(32)28-22)30-6-5-29(18(2)14-30)7-9-35-10-8-33;1-16-12-30-14-18(10-20(25)24(30)26-16)21-11-23(32)31-15-19(4-5-22(31)27-21)29-7-6-28(8-9-33-3)17(2)13-29;1-15-12-30-21(17(3)24-15)10-20(26-30)19-11-23(32)29-14-18(4-5-22(29)25-19)28-7-6-27(8-9-31)16(2)13-28;1-15-13-29-20(16(2)23-15)11-19(25-29)18-12-22(31)28-14-17(3-4-21(28)24-18)27-7-5-26(6-8-27)9-10-30/h3-4,11-13,15-16,18,33H,5-10,14H2,1-2H3;4-5,10-12,14-15,17H,6-9,13H2,1-3H3;4-5,10-12,14,16,31H,6-9,13H2,1-3H3;3-4,11-14,30H,5-10H2,1-2H3/t18-;17-;16-;/m001./s1. The van der Waals surface area contributed by atoms with Crippen molar-refractivity contribution >= 4 is 90.9 Å². The number of rotatable bonds is 20. The summed E-state index contributed by atoms with van der Waals surface area (Å²) < 4.78 is 24.3. The van der Waals surface area contributed by atoms with Gasteiger partial charge >= 0.3 is 0 Å². The Morgan fingerprint density at radius 3 is 1.10 bits per heavy atom. The molecule has 0 aromatic carbocycles. The van der Waals surface area contributed by atoms with Crippen molar-refractivity contribution in [3.63, 3.8) is 0 Å². The molecule has 3 atom stereocenters. The topological polar surface area (TPSA) is 338 Å². The summed E-state index contributed by atoms with van der Waals surface area (Å²) in [5.74, 6) is 0. The van der Waals surface area contributed by atoms with E-state index in [1.165, 1.54) is 12.1 Å². The number of ether oxygens (including phenoxy) is 2. The van der Waals surface area contributed by atoms with Crippen molar-refractivity contribution in [3.05, 3.63) is 245 Å². The largest absolute Gasteiger partial charge is 0.395 e. The van der Waals surface area contributed by atoms with E-state index in [0.29, 0.717) is 123 Å². The molecule has 16 aromatic rings. The Balaban J connectivity index is 0.000000122. The lowest BCUT2D eigenvalue weighted by atomic mass is 10.1. The molecule has 20 rings (SSSR count). The predicted molar refractivity (Wildman–Crippen MR) is 509 cm³/mol. The number of aliphatic hydroxyl groups is 3. The number of methoxy groups -OCH3 is 1. The van der Waals surface area contributed by atoms with Crippen LogP contribution in [0, 0.1) is 41.5 Å². The number of fused-ring (bicyclic) bond motifs is 8. The molecular formula is C94H108Cl2N26O9. The number of piperazine rings is 4. The van der Waals surface area contributed by atoms with Crippen LogP contribution < -0.4 is 41.8 Å². The fraction of sp³-hybridized carbons (Fsp3) is 0.383. The number of aliphatic hydroxyl groups excluding tert-OH is 3. The van der Waals surface area contributed by atoms with Gasteiger partial charge in [-0.15, -0.1) is 0 Å². The van der Waals surface area contributed by atoms with Gasteiger partial charge in [-0.05, 0) is 135 Å². The Kier molecular flexibility index (Phi) is 27.1. The summed E-state index contributed by atoms with van der Waals surface area (Å²) in [6.45, 7) is 35.0. The molecule has 4 fully saturated rings. The first-order valence-corrected chi connectivity index (χ1v) is 45.0. The van der Waals surface area contributed by atoms with Crippen molar-refractivity contribution in [1.29, 1.82) is 0 Å². The number of aryl methyl sites for hydroxylation is 6. The number of halogens is 2. The number of aromatic nitrogens is 18. The third kappa shape index (κ3) is 19.9. The quantitative estimate of drug-likeness (QED) is 0.0604. The first-order valence-electron chi connectivity index (χ1n) is 44.3. The molecule has 0 spiro atoms. The highest BCUT2D eigenvalue weighted by Gasteiger charge is 2.29. The average molecular weight is 1820 g/mol. The van der Waals surface area contributed by atoms with E-state index in [2.05, 4.69) is 95.1 Å². The highest BCUT2D eigenvalue weighted by atomic mass is 35.5. The lowest BCUT2D eigenvalue weighted by Gasteiger charge is -2.41. The number of hydrogen-bond donors (Lipinski definition) is 3. The normalized spacial score (nSPS) is 16.8. The van der Waals surface area contributed by atoms with Gasteiger partial charge in [0.15, 0.2) is 11.3 Å². The Labute approximate surface area is 764 Å². The summed E-state index contributed by atoms with van der Waals surface area (Å²) in [5, 5.41) is 37.4. The highest BCUT2D eigenvalue weighted by molar-refractivity contribution is 6.34. The molecule has 0 radical (unpaired) electrons. The number of pyridine rings is 6. The monoisotopic (exact) mass is 1810 g/mol. The van der Waals surface area contributed by atoms with Crippen molar-refractivity contribution in [2.45, 2.75) is 80.4 Å². The maximum Gasteiger partial charge on any atom is 0.258 e. The van der Waals surface area contributed by atoms with Gasteiger partial charge in [-0.1, -0.05) is 23.2 Å². The van der Waals surface area contributed by atoms with E-state index in [1.807, 2.05) is 173 Å². The molecule has 4 aliphatic rings. The average Bonchev–Trinajstić information content (AvgIpc) is 1.72. The van der Waals surface area contributed by atoms with Crippen molar-refractivity contribution in [1.82, 2.24) is 105 Å². The predicted octanol–water partition coefficient (Wildman–Crippen LogP) is 8.28. The second-order valence-electron chi connectivity index (χ2n) is 34.0. The van der Waals surface area contributed by atoms with Crippen LogP contribution in [0.4, 0.5) is 22.7 Å². The lowest BCUT2D eigenvalue weighted by Crippen LogP contribution is -2.52. The number of imidazole rings is 2. The van der Waals surface area contributed by atoms with Crippen molar-refractivity contribution in [2.24, 2.45) is 0 Å². The molecule has 3 N–H and O–H groups in total. The molecule has 4 aliphatic heterocycles. The van der Waals surface area contributed by atoms with Gasteiger partial charge in [-0.2, -0.15) is 10.2 Å². The van der Waals surface area contributed by atoms with E-state index in [0.717, 1.165) is 184 Å². The highest BCUT2D eigenvalue weighted by Crippen LogP contribution is 2.32. The van der Waals surface area contributed by atoms with Crippen LogP contribution in [0.2, 0.25) is 10.0 Å². The molecule has 682 valence electrons. The number of nitrogens with zero attached hydrogens (tertiary/aromatic N) is 26. The van der Waals surface area contributed by atoms with Gasteiger partial charge < -0.3 is 53.2 Å². The Bertz CT molecular complexity index is 7160. The van der Waals surface area contributed by atoms with Gasteiger partial charge in [0, 0.05) is 221 Å². The molecule has 16 aromatic heterocycles. The third-order valence-corrected chi connectivity index (χ3v) is 25.3. The molecule has 0 bridgehead atoms. The zero-order valence-corrected chi connectivity index (χ0v) is 76.7. The maximum absolute atomic E-state index is 13.1. The molecular weight excluding hydrogens is 1710 g/mol. The zero-order chi connectivity index (χ0) is 91.6. The minimum absolute atomic E-state index is 0.0499. The summed E-state index contributed by atoms with van der Waals surface area (Å²) in [5.41, 5.74) is 19.4. The van der Waals surface area contributed by atoms with Crippen LogP contribution in [-0.4, -0.2) is 297 Å². The number of β-amino-alcohol motifs (C(OH)–C–C–N with tert-alkyl or cyclic N) is 2. The summed E-state index contributed by atoms with van der Waals surface area (Å²) in [4.78, 5) is 107. The SMILES string of the molecule is COCCN1CCN(c2ccc3nc(-c4cc(Cl)c5nc(C)cn5c4)cc(=O)n3c2)C[C@@H]1C.Cc1cn2cc(-c3cc(=O)n4cc(N5CCN(CCOCCO)[C@@H](C)C5)ccc4n3)cc(Cl)c2n1.Cc1cn2nc(-c3cc(=O)n4cc(N5CCN(CCO)CC5)ccc4n3)cc2c(C)n1.Cc1cn2nc(-c3cc(=O)n4cc(N5CCN(CCO)[C@H](C)C5)ccc4n3)cc2c(C)n1. The van der Waals surface area contributed by atoms with Gasteiger partial charge in [0.1, 0.15) is 34.0 Å². The summed E-state index contributed by atoms with van der Waals surface area (Å²) in [7, 11) is 1.73. The molecule has 35 nitrogen and oxygen atoms in total. The fourth-order valence-corrected chi connectivity index (χ4v) is 18.4. The minimum Gasteiger partial charge on any atom is -0.395 e. The molecule has 0 aliphatic carbocycles. The summed E-state index contributed by atoms with van der Waals surface area (Å²) in [6, 6.07) is 30.4. The van der Waals surface area contributed by atoms with Gasteiger partial charge in [0.25, 0.3) is 22.2 Å². The van der Waals surface area contributed by atoms with Gasteiger partial charge in [-0.3, -0.25) is 66.3 Å². The van der Waals surface area contributed by atoms with Crippen LogP contribution in [0.5, 0.6) is 0 Å². The van der Waals surface area contributed by atoms with E-state index >= 15 is 0 Å². The van der Waals surface area contributed by atoms with Crippen LogP contribution in [0.15, 0.2) is 178 Å². The van der Waals surface area contributed by atoms with Gasteiger partial charge in [0.2, 0.25) is 0 Å². The fourth-order valence-electron chi connectivity index (χ4n) is 17.9. The smallest absolute Gasteiger partial charge is 0.258 e. The van der Waals surface area contributed by atoms with Crippen molar-refractivity contribution < 1.29 is 24.8 Å². The zero-order valence-electron chi connectivity index (χ0n) is 75.2. The van der Waals surface area contributed by atoms with E-state index in [-0.39, 0.29) is 42.1 Å². The molecule has 20 heterocycles. The maximum atomic E-state index is 13.1. The van der Waals surface area contributed by atoms with Crippen LogP contribution >= 0.6 is 23.2 Å². The van der Waals surface area contributed by atoms with Crippen LogP contribution in [0.25, 0.3) is 90.2 Å². The van der Waals surface area contributed by atoms with Crippen LogP contribution in [-0.2, 0) is 9.47 Å². The first kappa shape index (κ1) is 90.4. The second-order valence-corrected chi connectivity index (χ2v) is 34.8. The minimum atomic E-state index is -0.141. The molecule has 0 unspecified atom stereocenters. The van der Waals surface area contributed by atoms with E-state index in [4.69, 9.17) is 57.8 Å². The summed E-state index contributed by atoms with van der Waals surface area (Å²) in [6.07, 6.45) is 18.8. The first-order chi connectivity index (χ1) is 63.3. The molecule has 0 saturated carbocycles. The van der Waals surface area contributed by atoms with E-state index in [1.54, 1.807) is 58.0 Å². The van der Waals surface area contributed by atoms with Gasteiger partial charge in [-0.25, -0.2) is 38.9 Å².